The van der Waals surface area contributed by atoms with E-state index >= 15 is 0 Å². The number of methoxy groups -OCH3 is 1. The van der Waals surface area contributed by atoms with Gasteiger partial charge >= 0.3 is 0 Å². The summed E-state index contributed by atoms with van der Waals surface area (Å²) in [5.41, 5.74) is 3.51. The summed E-state index contributed by atoms with van der Waals surface area (Å²) in [6.45, 7) is 1.90. The molecule has 1 heterocycles. The van der Waals surface area contributed by atoms with Crippen molar-refractivity contribution >= 4 is 11.6 Å². The molecule has 0 fully saturated rings. The van der Waals surface area contributed by atoms with Gasteiger partial charge in [-0.2, -0.15) is 4.98 Å². The first kappa shape index (κ1) is 21.1. The fraction of sp³-hybridized carbons (Fsp3) is 0.160. The Hall–Kier alpha value is -4.13. The lowest BCUT2D eigenvalue weighted by molar-refractivity contribution is -0.120. The number of amides is 1. The molecule has 0 aliphatic rings. The van der Waals surface area contributed by atoms with Crippen molar-refractivity contribution in [1.29, 1.82) is 0 Å². The molecule has 3 aromatic carbocycles. The van der Waals surface area contributed by atoms with Gasteiger partial charge in [0.15, 0.2) is 18.1 Å². The lowest BCUT2D eigenvalue weighted by Gasteiger charge is -2.18. The van der Waals surface area contributed by atoms with Crippen molar-refractivity contribution in [3.05, 3.63) is 78.4 Å². The highest BCUT2D eigenvalue weighted by atomic mass is 16.5. The Bertz CT molecular complexity index is 1200. The molecule has 0 N–H and O–H groups in total. The molecule has 162 valence electrons. The second kappa shape index (κ2) is 9.34. The molecule has 0 aliphatic heterocycles. The lowest BCUT2D eigenvalue weighted by atomic mass is 10.1. The van der Waals surface area contributed by atoms with Gasteiger partial charge in [0.05, 0.1) is 7.11 Å². The van der Waals surface area contributed by atoms with Crippen LogP contribution in [0.1, 0.15) is 5.56 Å². The van der Waals surface area contributed by atoms with Crippen LogP contribution in [0.5, 0.6) is 11.5 Å². The van der Waals surface area contributed by atoms with Crippen LogP contribution in [0, 0.1) is 6.92 Å². The monoisotopic (exact) mass is 429 g/mol. The number of rotatable bonds is 7. The standard InChI is InChI=1S/C25H23N3O4/c1-17-9-11-18(12-10-17)25-26-24(27-32-25)19-13-14-21(22(15-19)30-3)31-16-23(29)28(2)20-7-5-4-6-8-20/h4-15H,16H2,1-3H3. The predicted octanol–water partition coefficient (Wildman–Crippen LogP) is 4.76. The first-order valence-corrected chi connectivity index (χ1v) is 10.1. The number of para-hydroxylation sites is 1. The van der Waals surface area contributed by atoms with Crippen LogP contribution in [-0.4, -0.2) is 36.8 Å². The smallest absolute Gasteiger partial charge is 0.264 e. The van der Waals surface area contributed by atoms with Gasteiger partial charge < -0.3 is 18.9 Å². The number of benzene rings is 3. The van der Waals surface area contributed by atoms with Crippen molar-refractivity contribution in [2.24, 2.45) is 0 Å². The molecule has 0 aliphatic carbocycles. The van der Waals surface area contributed by atoms with Crippen LogP contribution in [0.15, 0.2) is 77.3 Å². The van der Waals surface area contributed by atoms with Crippen LogP contribution >= 0.6 is 0 Å². The molecule has 7 heteroatoms. The van der Waals surface area contributed by atoms with Gasteiger partial charge in [0.2, 0.25) is 5.82 Å². The van der Waals surface area contributed by atoms with Gasteiger partial charge in [0.1, 0.15) is 0 Å². The van der Waals surface area contributed by atoms with Gasteiger partial charge in [0.25, 0.3) is 11.8 Å². The summed E-state index contributed by atoms with van der Waals surface area (Å²) in [6.07, 6.45) is 0. The van der Waals surface area contributed by atoms with Gasteiger partial charge in [-0.1, -0.05) is 41.1 Å². The number of hydrogen-bond donors (Lipinski definition) is 0. The van der Waals surface area contributed by atoms with Crippen LogP contribution in [-0.2, 0) is 4.79 Å². The Morgan fingerprint density at radius 1 is 0.969 bits per heavy atom. The third kappa shape index (κ3) is 4.62. The fourth-order valence-electron chi connectivity index (χ4n) is 3.11. The molecule has 32 heavy (non-hydrogen) atoms. The van der Waals surface area contributed by atoms with Crippen molar-refractivity contribution < 1.29 is 18.8 Å². The highest BCUT2D eigenvalue weighted by Crippen LogP contribution is 2.32. The first-order chi connectivity index (χ1) is 15.5. The second-order valence-corrected chi connectivity index (χ2v) is 7.23. The summed E-state index contributed by atoms with van der Waals surface area (Å²) in [7, 11) is 3.25. The van der Waals surface area contributed by atoms with Crippen molar-refractivity contribution in [3.63, 3.8) is 0 Å². The minimum Gasteiger partial charge on any atom is -0.493 e. The van der Waals surface area contributed by atoms with Gasteiger partial charge in [-0.15, -0.1) is 0 Å². The lowest BCUT2D eigenvalue weighted by Crippen LogP contribution is -2.31. The van der Waals surface area contributed by atoms with E-state index in [0.717, 1.165) is 16.8 Å². The zero-order valence-corrected chi connectivity index (χ0v) is 18.1. The molecular formula is C25H23N3O4. The molecule has 1 amide bonds. The molecule has 0 atom stereocenters. The van der Waals surface area contributed by atoms with E-state index in [1.165, 1.54) is 7.11 Å². The average Bonchev–Trinajstić information content (AvgIpc) is 3.33. The molecular weight excluding hydrogens is 406 g/mol. The highest BCUT2D eigenvalue weighted by molar-refractivity contribution is 5.93. The number of aryl methyl sites for hydroxylation is 1. The third-order valence-corrected chi connectivity index (χ3v) is 5.02. The van der Waals surface area contributed by atoms with E-state index < -0.39 is 0 Å². The Morgan fingerprint density at radius 3 is 2.41 bits per heavy atom. The number of likely N-dealkylation sites (N-methyl/N-ethyl adjacent to an activating group) is 1. The van der Waals surface area contributed by atoms with Gasteiger partial charge in [-0.05, 0) is 49.4 Å². The van der Waals surface area contributed by atoms with Crippen LogP contribution in [0.3, 0.4) is 0 Å². The van der Waals surface area contributed by atoms with E-state index in [9.17, 15) is 4.79 Å². The van der Waals surface area contributed by atoms with Crippen LogP contribution in [0.2, 0.25) is 0 Å². The summed E-state index contributed by atoms with van der Waals surface area (Å²) in [5.74, 6) is 1.62. The minimum atomic E-state index is -0.178. The molecule has 4 rings (SSSR count). The molecule has 7 nitrogen and oxygen atoms in total. The Balaban J connectivity index is 1.47. The van der Waals surface area contributed by atoms with E-state index in [1.54, 1.807) is 30.1 Å². The van der Waals surface area contributed by atoms with Crippen LogP contribution < -0.4 is 14.4 Å². The van der Waals surface area contributed by atoms with Crippen molar-refractivity contribution in [2.45, 2.75) is 6.92 Å². The molecule has 0 bridgehead atoms. The number of nitrogens with zero attached hydrogens (tertiary/aromatic N) is 3. The van der Waals surface area contributed by atoms with E-state index in [4.69, 9.17) is 14.0 Å². The summed E-state index contributed by atoms with van der Waals surface area (Å²) in [5, 5.41) is 4.08. The maximum Gasteiger partial charge on any atom is 0.264 e. The zero-order chi connectivity index (χ0) is 22.5. The number of hydrogen-bond acceptors (Lipinski definition) is 6. The molecule has 1 aromatic heterocycles. The molecule has 4 aromatic rings. The topological polar surface area (TPSA) is 77.7 Å². The summed E-state index contributed by atoms with van der Waals surface area (Å²) >= 11 is 0. The van der Waals surface area contributed by atoms with Gasteiger partial charge in [0, 0.05) is 23.9 Å². The zero-order valence-electron chi connectivity index (χ0n) is 18.1. The fourth-order valence-corrected chi connectivity index (χ4v) is 3.11. The van der Waals surface area contributed by atoms with E-state index in [2.05, 4.69) is 10.1 Å². The first-order valence-electron chi connectivity index (χ1n) is 10.1. The average molecular weight is 429 g/mol. The second-order valence-electron chi connectivity index (χ2n) is 7.23. The van der Waals surface area contributed by atoms with Gasteiger partial charge in [-0.25, -0.2) is 0 Å². The maximum absolute atomic E-state index is 12.5. The Kier molecular flexibility index (Phi) is 6.17. The third-order valence-electron chi connectivity index (χ3n) is 5.02. The molecule has 0 saturated heterocycles. The molecule has 0 saturated carbocycles. The highest BCUT2D eigenvalue weighted by Gasteiger charge is 2.16. The predicted molar refractivity (Wildman–Crippen MR) is 122 cm³/mol. The summed E-state index contributed by atoms with van der Waals surface area (Å²) in [6, 6.07) is 22.5. The van der Waals surface area contributed by atoms with Gasteiger partial charge in [-0.3, -0.25) is 4.79 Å². The number of carbonyl (C=O) groups excluding carboxylic acids is 1. The molecule has 0 spiro atoms. The van der Waals surface area contributed by atoms with Crippen molar-refractivity contribution in [3.8, 4) is 34.3 Å². The Labute approximate surface area is 186 Å². The van der Waals surface area contributed by atoms with Crippen LogP contribution in [0.25, 0.3) is 22.8 Å². The van der Waals surface area contributed by atoms with E-state index in [-0.39, 0.29) is 12.5 Å². The number of aromatic nitrogens is 2. The normalized spacial score (nSPS) is 10.6. The van der Waals surface area contributed by atoms with Crippen molar-refractivity contribution in [1.82, 2.24) is 10.1 Å². The van der Waals surface area contributed by atoms with Crippen LogP contribution in [0.4, 0.5) is 5.69 Å². The van der Waals surface area contributed by atoms with E-state index in [1.807, 2.05) is 61.5 Å². The van der Waals surface area contributed by atoms with Crippen molar-refractivity contribution in [2.75, 3.05) is 25.7 Å². The quantitative estimate of drug-likeness (QED) is 0.421. The SMILES string of the molecule is COc1cc(-c2noc(-c3ccc(C)cc3)n2)ccc1OCC(=O)N(C)c1ccccc1. The largest absolute Gasteiger partial charge is 0.493 e. The maximum atomic E-state index is 12.5. The number of anilines is 1. The summed E-state index contributed by atoms with van der Waals surface area (Å²) < 4.78 is 16.6. The minimum absolute atomic E-state index is 0.124. The molecule has 0 radical (unpaired) electrons. The van der Waals surface area contributed by atoms with E-state index in [0.29, 0.717) is 28.8 Å². The Morgan fingerprint density at radius 2 is 1.69 bits per heavy atom. The number of ether oxygens (including phenoxy) is 2. The summed E-state index contributed by atoms with van der Waals surface area (Å²) in [4.78, 5) is 18.5. The number of carbonyl (C=O) groups is 1. The molecule has 0 unspecified atom stereocenters.